The van der Waals surface area contributed by atoms with Crippen LogP contribution in [0.5, 0.6) is 0 Å². The molecule has 0 spiro atoms. The lowest BCUT2D eigenvalue weighted by Gasteiger charge is -2.50. The van der Waals surface area contributed by atoms with E-state index in [1.54, 1.807) is 0 Å². The van der Waals surface area contributed by atoms with E-state index in [0.717, 1.165) is 25.7 Å². The summed E-state index contributed by atoms with van der Waals surface area (Å²) in [5.74, 6) is 2.02. The highest BCUT2D eigenvalue weighted by Gasteiger charge is 2.49. The second-order valence-corrected chi connectivity index (χ2v) is 7.01. The number of hydrogen-bond donors (Lipinski definition) is 0. The molecule has 2 aliphatic rings. The third kappa shape index (κ3) is 2.07. The smallest absolute Gasteiger partial charge is 0.302 e. The molecule has 1 fully saturated rings. The van der Waals surface area contributed by atoms with Crippen molar-refractivity contribution in [2.75, 3.05) is 0 Å². The second-order valence-electron chi connectivity index (χ2n) is 7.01. The molecule has 0 bridgehead atoms. The molecule has 110 valence electrons. The minimum absolute atomic E-state index is 0.0827. The number of fused-ring (bicyclic) bond motifs is 2. The van der Waals surface area contributed by atoms with Gasteiger partial charge in [0.2, 0.25) is 0 Å². The molecule has 1 heterocycles. The van der Waals surface area contributed by atoms with E-state index in [0.29, 0.717) is 11.8 Å². The highest BCUT2D eigenvalue weighted by Crippen LogP contribution is 2.52. The molecule has 3 nitrogen and oxygen atoms in total. The molecule has 20 heavy (non-hydrogen) atoms. The largest absolute Gasteiger partial charge is 0.469 e. The number of carbonyl (C=O) groups is 1. The van der Waals surface area contributed by atoms with Crippen LogP contribution < -0.4 is 0 Å². The Balaban J connectivity index is 1.88. The summed E-state index contributed by atoms with van der Waals surface area (Å²) in [4.78, 5) is 11.3. The zero-order valence-electron chi connectivity index (χ0n) is 12.9. The molecule has 1 aromatic rings. The molecule has 1 aromatic heterocycles. The van der Waals surface area contributed by atoms with Gasteiger partial charge >= 0.3 is 5.97 Å². The number of aryl methyl sites for hydroxylation is 1. The van der Waals surface area contributed by atoms with E-state index < -0.39 is 0 Å². The number of carbonyl (C=O) groups excluding carboxylic acids is 1. The van der Waals surface area contributed by atoms with Gasteiger partial charge in [-0.1, -0.05) is 13.8 Å². The number of ether oxygens (including phenoxy) is 1. The molecule has 0 unspecified atom stereocenters. The average Bonchev–Trinajstić information content (AvgIpc) is 2.72. The van der Waals surface area contributed by atoms with Crippen LogP contribution in [0.3, 0.4) is 0 Å². The Morgan fingerprint density at radius 1 is 1.50 bits per heavy atom. The van der Waals surface area contributed by atoms with Crippen LogP contribution in [-0.4, -0.2) is 12.1 Å². The van der Waals surface area contributed by atoms with Gasteiger partial charge in [0.05, 0.1) is 6.26 Å². The minimum Gasteiger partial charge on any atom is -0.469 e. The van der Waals surface area contributed by atoms with Crippen LogP contribution in [0.15, 0.2) is 10.7 Å². The third-order valence-electron chi connectivity index (χ3n) is 5.61. The maximum atomic E-state index is 11.3. The van der Waals surface area contributed by atoms with E-state index >= 15 is 0 Å². The summed E-state index contributed by atoms with van der Waals surface area (Å²) < 4.78 is 11.3. The van der Waals surface area contributed by atoms with E-state index in [4.69, 9.17) is 9.15 Å². The molecular weight excluding hydrogens is 252 g/mol. The van der Waals surface area contributed by atoms with Crippen LogP contribution in [0.25, 0.3) is 0 Å². The molecule has 0 aromatic carbocycles. The molecule has 1 saturated carbocycles. The van der Waals surface area contributed by atoms with E-state index in [2.05, 4.69) is 20.8 Å². The van der Waals surface area contributed by atoms with Crippen molar-refractivity contribution < 1.29 is 13.9 Å². The fraction of sp³-hybridized carbons (Fsp3) is 0.706. The first-order valence-electron chi connectivity index (χ1n) is 7.64. The second kappa shape index (κ2) is 4.64. The minimum atomic E-state index is -0.151. The maximum absolute atomic E-state index is 11.3. The molecule has 2 aliphatic carbocycles. The Bertz CT molecular complexity index is 530. The Morgan fingerprint density at radius 2 is 2.25 bits per heavy atom. The third-order valence-corrected chi connectivity index (χ3v) is 5.61. The van der Waals surface area contributed by atoms with Crippen molar-refractivity contribution in [3.8, 4) is 0 Å². The normalized spacial score (nSPS) is 36.1. The van der Waals surface area contributed by atoms with Crippen LogP contribution in [0.4, 0.5) is 0 Å². The van der Waals surface area contributed by atoms with Gasteiger partial charge < -0.3 is 9.15 Å². The zero-order valence-corrected chi connectivity index (χ0v) is 12.9. The SMILES string of the molecule is CC(=O)O[C@@H]1CC[C@]2(C)Cc3occ(C)c3C[C@@H]2[C@H]1C. The first kappa shape index (κ1) is 13.7. The number of rotatable bonds is 1. The molecule has 0 aliphatic heterocycles. The van der Waals surface area contributed by atoms with Gasteiger partial charge in [0.25, 0.3) is 0 Å². The summed E-state index contributed by atoms with van der Waals surface area (Å²) >= 11 is 0. The quantitative estimate of drug-likeness (QED) is 0.735. The van der Waals surface area contributed by atoms with Crippen LogP contribution in [-0.2, 0) is 22.4 Å². The summed E-state index contributed by atoms with van der Waals surface area (Å²) in [6, 6.07) is 0. The van der Waals surface area contributed by atoms with Crippen LogP contribution >= 0.6 is 0 Å². The van der Waals surface area contributed by atoms with E-state index in [-0.39, 0.29) is 17.5 Å². The van der Waals surface area contributed by atoms with Gasteiger partial charge in [0, 0.05) is 13.3 Å². The van der Waals surface area contributed by atoms with Gasteiger partial charge in [-0.2, -0.15) is 0 Å². The number of hydrogen-bond acceptors (Lipinski definition) is 3. The van der Waals surface area contributed by atoms with Gasteiger partial charge in [0.1, 0.15) is 11.9 Å². The van der Waals surface area contributed by atoms with Crippen molar-refractivity contribution in [2.24, 2.45) is 17.3 Å². The fourth-order valence-corrected chi connectivity index (χ4v) is 4.38. The molecule has 0 amide bonds. The van der Waals surface area contributed by atoms with Gasteiger partial charge in [-0.15, -0.1) is 0 Å². The molecule has 3 rings (SSSR count). The van der Waals surface area contributed by atoms with Crippen molar-refractivity contribution in [1.29, 1.82) is 0 Å². The first-order chi connectivity index (χ1) is 9.40. The molecule has 0 saturated heterocycles. The fourth-order valence-electron chi connectivity index (χ4n) is 4.38. The van der Waals surface area contributed by atoms with Crippen LogP contribution in [0, 0.1) is 24.2 Å². The Hall–Kier alpha value is -1.25. The van der Waals surface area contributed by atoms with Gasteiger partial charge in [-0.05, 0) is 54.6 Å². The van der Waals surface area contributed by atoms with Crippen molar-refractivity contribution in [3.63, 3.8) is 0 Å². The van der Waals surface area contributed by atoms with E-state index in [9.17, 15) is 4.79 Å². The number of furan rings is 1. The highest BCUT2D eigenvalue weighted by molar-refractivity contribution is 5.66. The van der Waals surface area contributed by atoms with Crippen molar-refractivity contribution in [2.45, 2.75) is 59.5 Å². The summed E-state index contributed by atoms with van der Waals surface area (Å²) in [6.07, 6.45) is 6.14. The van der Waals surface area contributed by atoms with Crippen LogP contribution in [0.2, 0.25) is 0 Å². The molecular formula is C17H24O3. The lowest BCUT2D eigenvalue weighted by Crippen LogP contribution is -2.48. The lowest BCUT2D eigenvalue weighted by atomic mass is 9.56. The average molecular weight is 276 g/mol. The molecule has 4 atom stereocenters. The van der Waals surface area contributed by atoms with E-state index in [1.807, 2.05) is 6.26 Å². The van der Waals surface area contributed by atoms with Gasteiger partial charge in [-0.25, -0.2) is 0 Å². The van der Waals surface area contributed by atoms with Gasteiger partial charge in [0.15, 0.2) is 0 Å². The first-order valence-corrected chi connectivity index (χ1v) is 7.64. The topological polar surface area (TPSA) is 39.4 Å². The standard InChI is InChI=1S/C17H24O3/c1-10-9-19-16-8-17(4)6-5-15(20-12(3)18)11(2)14(17)7-13(10)16/h9,11,14-15H,5-8H2,1-4H3/t11-,14-,15-,17-/m1/s1. The molecule has 0 radical (unpaired) electrons. The van der Waals surface area contributed by atoms with Crippen molar-refractivity contribution in [3.05, 3.63) is 23.2 Å². The maximum Gasteiger partial charge on any atom is 0.302 e. The summed E-state index contributed by atoms with van der Waals surface area (Å²) in [6.45, 7) is 8.26. The van der Waals surface area contributed by atoms with Crippen molar-refractivity contribution >= 4 is 5.97 Å². The Morgan fingerprint density at radius 3 is 2.95 bits per heavy atom. The van der Waals surface area contributed by atoms with E-state index in [1.165, 1.54) is 23.8 Å². The lowest BCUT2D eigenvalue weighted by molar-refractivity contribution is -0.156. The summed E-state index contributed by atoms with van der Waals surface area (Å²) in [7, 11) is 0. The zero-order chi connectivity index (χ0) is 14.5. The van der Waals surface area contributed by atoms with Crippen molar-refractivity contribution in [1.82, 2.24) is 0 Å². The molecule has 3 heteroatoms. The monoisotopic (exact) mass is 276 g/mol. The Labute approximate surface area is 120 Å². The predicted octanol–water partition coefficient (Wildman–Crippen LogP) is 3.67. The number of esters is 1. The molecule has 0 N–H and O–H groups in total. The Kier molecular flexibility index (Phi) is 3.19. The summed E-state index contributed by atoms with van der Waals surface area (Å²) in [5.41, 5.74) is 2.94. The van der Waals surface area contributed by atoms with Gasteiger partial charge in [-0.3, -0.25) is 4.79 Å². The highest BCUT2D eigenvalue weighted by atomic mass is 16.5. The predicted molar refractivity (Wildman–Crippen MR) is 76.4 cm³/mol. The summed E-state index contributed by atoms with van der Waals surface area (Å²) in [5, 5.41) is 0. The van der Waals surface area contributed by atoms with Crippen LogP contribution in [0.1, 0.15) is 50.5 Å².